The van der Waals surface area contributed by atoms with Crippen LogP contribution in [0.2, 0.25) is 0 Å². The second-order valence-corrected chi connectivity index (χ2v) is 25.2. The number of fused-ring (bicyclic) bond motifs is 2. The van der Waals surface area contributed by atoms with E-state index in [1.807, 2.05) is 26.2 Å². The molecule has 16 heteroatoms. The number of likely N-dealkylation sites (tertiary alicyclic amines) is 1. The summed E-state index contributed by atoms with van der Waals surface area (Å²) in [6, 6.07) is 10.7. The van der Waals surface area contributed by atoms with Crippen molar-refractivity contribution in [3.05, 3.63) is 48.0 Å². The summed E-state index contributed by atoms with van der Waals surface area (Å²) in [7, 11) is 1.26. The molecule has 2 fully saturated rings. The minimum atomic E-state index is -3.61. The first-order chi connectivity index (χ1) is 28.1. The zero-order valence-electron chi connectivity index (χ0n) is 39.0. The van der Waals surface area contributed by atoms with Gasteiger partial charge in [0.05, 0.1) is 42.4 Å². The van der Waals surface area contributed by atoms with Crippen molar-refractivity contribution in [2.24, 2.45) is 10.8 Å². The summed E-state index contributed by atoms with van der Waals surface area (Å²) in [5.74, 6) is 1.99. The molecule has 0 aliphatic carbocycles. The molecule has 4 heterocycles. The Morgan fingerprint density at radius 3 is 1.57 bits per heavy atom. The lowest BCUT2D eigenvalue weighted by molar-refractivity contribution is 0.0295. The predicted octanol–water partition coefficient (Wildman–Crippen LogP) is 6.29. The second-order valence-electron chi connectivity index (χ2n) is 20.8. The first kappa shape index (κ1) is 48.5. The second kappa shape index (κ2) is 18.6. The predicted molar refractivity (Wildman–Crippen MR) is 245 cm³/mol. The molecule has 14 nitrogen and oxygen atoms in total. The summed E-state index contributed by atoms with van der Waals surface area (Å²) in [6.45, 7) is 23.7. The molecule has 61 heavy (non-hydrogen) atoms. The number of imidazole rings is 2. The fourth-order valence-corrected chi connectivity index (χ4v) is 11.1. The molecule has 2 atom stereocenters. The number of nitrogens with one attached hydrogen (secondary N) is 1. The van der Waals surface area contributed by atoms with Crippen LogP contribution in [-0.2, 0) is 50.3 Å². The van der Waals surface area contributed by atoms with Crippen molar-refractivity contribution in [2.75, 3.05) is 67.5 Å². The average molecular weight is 885 g/mol. The standard InChI is InChI=1S/C25H40N4O4S.C20H32N4O2S/c1-24(2,3)16-22-26-20-15-18(9-10-21(20)29(22)14-13-27(7)8)34(31,32)19-11-12-28(17-19)23(30)33-25(4,5)6;1-20(2,3)13-19-22-17-12-15(27(25,26)16-8-9-21-14-16)6-7-18(17)24(19)11-10-23(4)5/h9-10,15,19H,11-14,16-17H2,1-8H3;6-7,12,16,21H,8-11,13-14H2,1-5H3/t19-;16-/m00/s1. The van der Waals surface area contributed by atoms with Gasteiger partial charge in [-0.05, 0) is 116 Å². The van der Waals surface area contributed by atoms with Gasteiger partial charge >= 0.3 is 6.09 Å². The molecule has 0 radical (unpaired) electrons. The molecule has 2 aliphatic rings. The fourth-order valence-electron chi connectivity index (χ4n) is 7.74. The maximum absolute atomic E-state index is 13.4. The lowest BCUT2D eigenvalue weighted by Crippen LogP contribution is -2.36. The van der Waals surface area contributed by atoms with Crippen LogP contribution in [0.1, 0.15) is 86.8 Å². The molecule has 340 valence electrons. The van der Waals surface area contributed by atoms with Gasteiger partial charge in [0, 0.05) is 58.7 Å². The Balaban J connectivity index is 0.000000237. The van der Waals surface area contributed by atoms with Gasteiger partial charge in [-0.1, -0.05) is 41.5 Å². The Morgan fingerprint density at radius 1 is 0.721 bits per heavy atom. The molecule has 4 aromatic rings. The number of benzene rings is 2. The maximum atomic E-state index is 13.4. The Kier molecular flexibility index (Phi) is 14.8. The van der Waals surface area contributed by atoms with E-state index in [-0.39, 0.29) is 27.5 Å². The molecule has 2 aromatic heterocycles. The van der Waals surface area contributed by atoms with Crippen molar-refractivity contribution < 1.29 is 26.4 Å². The minimum Gasteiger partial charge on any atom is -0.444 e. The van der Waals surface area contributed by atoms with Crippen LogP contribution in [-0.4, -0.2) is 140 Å². The first-order valence-electron chi connectivity index (χ1n) is 21.6. The summed E-state index contributed by atoms with van der Waals surface area (Å²) in [6.07, 6.45) is 2.25. The number of carbonyl (C=O) groups excluding carboxylic acids is 1. The van der Waals surface area contributed by atoms with Crippen LogP contribution in [0.15, 0.2) is 46.2 Å². The molecule has 1 amide bonds. The van der Waals surface area contributed by atoms with Gasteiger partial charge < -0.3 is 33.9 Å². The summed E-state index contributed by atoms with van der Waals surface area (Å²) in [4.78, 5) is 28.5. The van der Waals surface area contributed by atoms with Gasteiger partial charge in [0.25, 0.3) is 0 Å². The Labute approximate surface area is 365 Å². The third-order valence-corrected chi connectivity index (χ3v) is 15.2. The number of aromatic nitrogens is 4. The number of amides is 1. The molecule has 6 rings (SSSR count). The Morgan fingerprint density at radius 2 is 1.18 bits per heavy atom. The van der Waals surface area contributed by atoms with Crippen LogP contribution in [0.3, 0.4) is 0 Å². The van der Waals surface area contributed by atoms with Crippen LogP contribution < -0.4 is 5.32 Å². The number of sulfone groups is 2. The molecule has 0 saturated carbocycles. The van der Waals surface area contributed by atoms with Crippen LogP contribution >= 0.6 is 0 Å². The number of likely N-dealkylation sites (N-methyl/N-ethyl adjacent to an activating group) is 2. The number of hydrogen-bond acceptors (Lipinski definition) is 11. The molecular formula is C45H72N8O6S2. The summed E-state index contributed by atoms with van der Waals surface area (Å²) >= 11 is 0. The molecule has 2 saturated heterocycles. The quantitative estimate of drug-likeness (QED) is 0.171. The third-order valence-electron chi connectivity index (χ3n) is 10.9. The van der Waals surface area contributed by atoms with Crippen molar-refractivity contribution in [1.29, 1.82) is 0 Å². The van der Waals surface area contributed by atoms with E-state index in [4.69, 9.17) is 14.7 Å². The maximum Gasteiger partial charge on any atom is 0.410 e. The molecule has 0 bridgehead atoms. The van der Waals surface area contributed by atoms with Crippen LogP contribution in [0.5, 0.6) is 0 Å². The highest BCUT2D eigenvalue weighted by molar-refractivity contribution is 7.92. The van der Waals surface area contributed by atoms with Gasteiger partial charge in [-0.3, -0.25) is 0 Å². The van der Waals surface area contributed by atoms with E-state index in [1.165, 1.54) is 4.90 Å². The zero-order chi connectivity index (χ0) is 45.3. The molecule has 0 spiro atoms. The van der Waals surface area contributed by atoms with Crippen molar-refractivity contribution in [3.63, 3.8) is 0 Å². The molecule has 2 aliphatic heterocycles. The van der Waals surface area contributed by atoms with Gasteiger partial charge in [-0.2, -0.15) is 0 Å². The minimum absolute atomic E-state index is 0.0567. The smallest absolute Gasteiger partial charge is 0.410 e. The van der Waals surface area contributed by atoms with Crippen LogP contribution in [0.4, 0.5) is 4.79 Å². The van der Waals surface area contributed by atoms with E-state index < -0.39 is 36.6 Å². The number of carbonyl (C=O) groups is 1. The van der Waals surface area contributed by atoms with E-state index >= 15 is 0 Å². The highest BCUT2D eigenvalue weighted by Crippen LogP contribution is 2.31. The van der Waals surface area contributed by atoms with Gasteiger partial charge in [-0.25, -0.2) is 31.6 Å². The van der Waals surface area contributed by atoms with Gasteiger partial charge in [-0.15, -0.1) is 0 Å². The highest BCUT2D eigenvalue weighted by atomic mass is 32.2. The van der Waals surface area contributed by atoms with Gasteiger partial charge in [0.2, 0.25) is 0 Å². The average Bonchev–Trinajstić information content (AvgIpc) is 3.94. The van der Waals surface area contributed by atoms with E-state index in [2.05, 4.69) is 79.9 Å². The number of rotatable bonds is 12. The molecule has 1 N–H and O–H groups in total. The Hall–Kier alpha value is -3.57. The largest absolute Gasteiger partial charge is 0.444 e. The number of nitrogens with zero attached hydrogens (tertiary/aromatic N) is 7. The topological polar surface area (TPSA) is 152 Å². The third kappa shape index (κ3) is 12.5. The summed E-state index contributed by atoms with van der Waals surface area (Å²) < 4.78 is 62.6. The van der Waals surface area contributed by atoms with E-state index in [0.29, 0.717) is 36.3 Å². The summed E-state index contributed by atoms with van der Waals surface area (Å²) in [5.41, 5.74) is 2.99. The van der Waals surface area contributed by atoms with Crippen molar-refractivity contribution in [1.82, 2.24) is 39.1 Å². The Bertz CT molecular complexity index is 2380. The number of ether oxygens (including phenoxy) is 1. The van der Waals surface area contributed by atoms with Crippen molar-refractivity contribution >= 4 is 47.8 Å². The SMILES string of the molecule is CN(C)CCn1c(CC(C)(C)C)nc2cc(S(=O)(=O)[C@H]3CCN(C(=O)OC(C)(C)C)C3)ccc21.CN(C)CCn1c(CC(C)(C)C)nc2cc(S(=O)(=O)[C@H]3CCNC3)ccc21. The van der Waals surface area contributed by atoms with Crippen molar-refractivity contribution in [3.8, 4) is 0 Å². The first-order valence-corrected chi connectivity index (χ1v) is 24.7. The van der Waals surface area contributed by atoms with Crippen molar-refractivity contribution in [2.45, 2.75) is 127 Å². The van der Waals surface area contributed by atoms with E-state index in [9.17, 15) is 21.6 Å². The van der Waals surface area contributed by atoms with Gasteiger partial charge in [0.15, 0.2) is 19.7 Å². The normalized spacial score (nSPS) is 18.1. The van der Waals surface area contributed by atoms with Gasteiger partial charge in [0.1, 0.15) is 17.2 Å². The van der Waals surface area contributed by atoms with E-state index in [0.717, 1.165) is 73.8 Å². The molecule has 2 aromatic carbocycles. The summed E-state index contributed by atoms with van der Waals surface area (Å²) in [5, 5.41) is 2.16. The van der Waals surface area contributed by atoms with E-state index in [1.54, 1.807) is 45.0 Å². The monoisotopic (exact) mass is 885 g/mol. The fraction of sp³-hybridized carbons (Fsp3) is 0.667. The molecular weight excluding hydrogens is 813 g/mol. The number of hydrogen-bond donors (Lipinski definition) is 1. The highest BCUT2D eigenvalue weighted by Gasteiger charge is 2.38. The lowest BCUT2D eigenvalue weighted by Gasteiger charge is -2.24. The zero-order valence-corrected chi connectivity index (χ0v) is 40.6. The van der Waals surface area contributed by atoms with Crippen LogP contribution in [0.25, 0.3) is 22.1 Å². The van der Waals surface area contributed by atoms with Crippen LogP contribution in [0, 0.1) is 10.8 Å². The lowest BCUT2D eigenvalue weighted by atomic mass is 9.92. The molecule has 0 unspecified atom stereocenters.